The number of halogens is 1. The van der Waals surface area contributed by atoms with E-state index in [0.29, 0.717) is 23.3 Å². The molecule has 0 aliphatic carbocycles. The van der Waals surface area contributed by atoms with Crippen molar-refractivity contribution in [3.63, 3.8) is 0 Å². The number of aromatic nitrogens is 2. The molecule has 1 aliphatic heterocycles. The maximum atomic E-state index is 13.9. The lowest BCUT2D eigenvalue weighted by Gasteiger charge is -2.31. The van der Waals surface area contributed by atoms with E-state index in [1.807, 2.05) is 6.07 Å². The van der Waals surface area contributed by atoms with Crippen molar-refractivity contribution in [2.45, 2.75) is 26.1 Å². The van der Waals surface area contributed by atoms with Gasteiger partial charge in [0.1, 0.15) is 23.5 Å². The number of morpholine rings is 1. The molecular formula is C21H23FN4O. The Kier molecular flexibility index (Phi) is 5.27. The van der Waals surface area contributed by atoms with Crippen LogP contribution in [-0.4, -0.2) is 40.7 Å². The fraction of sp³-hybridized carbons (Fsp3) is 0.333. The molecule has 4 rings (SSSR count). The number of nitrogens with one attached hydrogen (secondary N) is 1. The zero-order valence-electron chi connectivity index (χ0n) is 15.4. The fourth-order valence-electron chi connectivity index (χ4n) is 3.51. The minimum atomic E-state index is -0.334. The summed E-state index contributed by atoms with van der Waals surface area (Å²) in [6.07, 6.45) is 1.68. The van der Waals surface area contributed by atoms with Gasteiger partial charge < -0.3 is 10.1 Å². The van der Waals surface area contributed by atoms with Crippen molar-refractivity contribution >= 4 is 16.7 Å². The van der Waals surface area contributed by atoms with Gasteiger partial charge in [0.05, 0.1) is 12.7 Å². The molecular weight excluding hydrogens is 343 g/mol. The summed E-state index contributed by atoms with van der Waals surface area (Å²) >= 11 is 0. The van der Waals surface area contributed by atoms with Gasteiger partial charge in [-0.1, -0.05) is 30.3 Å². The first-order valence-corrected chi connectivity index (χ1v) is 9.24. The maximum Gasteiger partial charge on any atom is 0.149 e. The molecule has 6 heteroatoms. The molecule has 0 amide bonds. The number of rotatable bonds is 5. The van der Waals surface area contributed by atoms with Crippen LogP contribution in [0.15, 0.2) is 48.8 Å². The van der Waals surface area contributed by atoms with Crippen LogP contribution in [0.4, 0.5) is 10.2 Å². The molecule has 2 heterocycles. The van der Waals surface area contributed by atoms with Crippen molar-refractivity contribution in [3.05, 3.63) is 65.7 Å². The Bertz CT molecular complexity index is 933. The third-order valence-corrected chi connectivity index (χ3v) is 4.80. The third kappa shape index (κ3) is 4.23. The first kappa shape index (κ1) is 17.8. The first-order valence-electron chi connectivity index (χ1n) is 9.24. The summed E-state index contributed by atoms with van der Waals surface area (Å²) in [5, 5.41) is 4.01. The average Bonchev–Trinajstić information content (AvgIpc) is 2.67. The van der Waals surface area contributed by atoms with Crippen molar-refractivity contribution in [1.82, 2.24) is 14.9 Å². The van der Waals surface area contributed by atoms with Crippen LogP contribution >= 0.6 is 0 Å². The summed E-state index contributed by atoms with van der Waals surface area (Å²) in [6, 6.07) is 13.4. The number of hydrogen-bond acceptors (Lipinski definition) is 5. The molecule has 2 aromatic carbocycles. The Morgan fingerprint density at radius 1 is 1.19 bits per heavy atom. The van der Waals surface area contributed by atoms with Crippen LogP contribution in [0.1, 0.15) is 18.1 Å². The summed E-state index contributed by atoms with van der Waals surface area (Å²) in [5.41, 5.74) is 2.78. The molecule has 0 unspecified atom stereocenters. The highest BCUT2D eigenvalue weighted by molar-refractivity contribution is 5.89. The smallest absolute Gasteiger partial charge is 0.149 e. The highest BCUT2D eigenvalue weighted by atomic mass is 19.1. The molecule has 27 heavy (non-hydrogen) atoms. The van der Waals surface area contributed by atoms with Crippen LogP contribution in [-0.2, 0) is 17.8 Å². The second-order valence-electron chi connectivity index (χ2n) is 6.95. The number of benzene rings is 2. The second-order valence-corrected chi connectivity index (χ2v) is 6.95. The average molecular weight is 366 g/mol. The molecule has 140 valence electrons. The second kappa shape index (κ2) is 7.98. The van der Waals surface area contributed by atoms with Crippen molar-refractivity contribution in [3.8, 4) is 0 Å². The van der Waals surface area contributed by atoms with Crippen LogP contribution < -0.4 is 5.32 Å². The van der Waals surface area contributed by atoms with Crippen LogP contribution in [0.5, 0.6) is 0 Å². The summed E-state index contributed by atoms with van der Waals surface area (Å²) in [7, 11) is 0. The van der Waals surface area contributed by atoms with Crippen molar-refractivity contribution < 1.29 is 9.13 Å². The Labute approximate surface area is 158 Å². The molecule has 1 fully saturated rings. The molecule has 1 saturated heterocycles. The van der Waals surface area contributed by atoms with Gasteiger partial charge in [-0.05, 0) is 30.2 Å². The van der Waals surface area contributed by atoms with E-state index in [1.54, 1.807) is 6.07 Å². The topological polar surface area (TPSA) is 50.3 Å². The van der Waals surface area contributed by atoms with Gasteiger partial charge in [0.15, 0.2) is 0 Å². The molecule has 0 spiro atoms. The van der Waals surface area contributed by atoms with E-state index in [2.05, 4.69) is 51.4 Å². The lowest BCUT2D eigenvalue weighted by atomic mass is 10.1. The number of ether oxygens (including phenoxy) is 1. The molecule has 1 aliphatic rings. The van der Waals surface area contributed by atoms with E-state index >= 15 is 0 Å². The fourth-order valence-corrected chi connectivity index (χ4v) is 3.51. The van der Waals surface area contributed by atoms with E-state index < -0.39 is 0 Å². The molecule has 0 saturated carbocycles. The summed E-state index contributed by atoms with van der Waals surface area (Å²) in [6.45, 7) is 6.37. The standard InChI is InChI=1S/C21H23FN4O/c1-15-12-26(8-9-27-15)13-17-5-2-4-16(10-17)11-23-21-18-6-3-7-19(22)20(18)24-14-25-21/h2-7,10,14-15H,8-9,11-13H2,1H3,(H,23,24,25)/t15-/m0/s1. The van der Waals surface area contributed by atoms with Gasteiger partial charge in [0.25, 0.3) is 0 Å². The predicted octanol–water partition coefficient (Wildman–Crippen LogP) is 3.60. The van der Waals surface area contributed by atoms with Gasteiger partial charge in [-0.25, -0.2) is 14.4 Å². The molecule has 1 N–H and O–H groups in total. The van der Waals surface area contributed by atoms with Crippen molar-refractivity contribution in [2.24, 2.45) is 0 Å². The quantitative estimate of drug-likeness (QED) is 0.748. The number of fused-ring (bicyclic) bond motifs is 1. The summed E-state index contributed by atoms with van der Waals surface area (Å²) < 4.78 is 19.5. The van der Waals surface area contributed by atoms with E-state index in [0.717, 1.165) is 31.8 Å². The summed E-state index contributed by atoms with van der Waals surface area (Å²) in [5.74, 6) is 0.312. The number of hydrogen-bond donors (Lipinski definition) is 1. The third-order valence-electron chi connectivity index (χ3n) is 4.80. The zero-order valence-corrected chi connectivity index (χ0v) is 15.4. The Balaban J connectivity index is 1.45. The molecule has 3 aromatic rings. The SMILES string of the molecule is C[C@H]1CN(Cc2cccc(CNc3ncnc4c(F)cccc34)c2)CCO1. The lowest BCUT2D eigenvalue weighted by molar-refractivity contribution is -0.0212. The van der Waals surface area contributed by atoms with E-state index in [1.165, 1.54) is 18.0 Å². The first-order chi connectivity index (χ1) is 13.2. The maximum absolute atomic E-state index is 13.9. The number of para-hydroxylation sites is 1. The van der Waals surface area contributed by atoms with E-state index in [-0.39, 0.29) is 11.9 Å². The van der Waals surface area contributed by atoms with Gasteiger partial charge in [-0.3, -0.25) is 4.90 Å². The minimum absolute atomic E-state index is 0.287. The lowest BCUT2D eigenvalue weighted by Crippen LogP contribution is -2.40. The minimum Gasteiger partial charge on any atom is -0.376 e. The van der Waals surface area contributed by atoms with Gasteiger partial charge in [0, 0.05) is 31.6 Å². The molecule has 1 aromatic heterocycles. The molecule has 0 radical (unpaired) electrons. The highest BCUT2D eigenvalue weighted by Crippen LogP contribution is 2.22. The van der Waals surface area contributed by atoms with Crippen molar-refractivity contribution in [2.75, 3.05) is 25.0 Å². The van der Waals surface area contributed by atoms with Gasteiger partial charge in [-0.15, -0.1) is 0 Å². The summed E-state index contributed by atoms with van der Waals surface area (Å²) in [4.78, 5) is 10.7. The van der Waals surface area contributed by atoms with Crippen LogP contribution in [0, 0.1) is 5.82 Å². The van der Waals surface area contributed by atoms with Crippen LogP contribution in [0.2, 0.25) is 0 Å². The Morgan fingerprint density at radius 2 is 2.04 bits per heavy atom. The predicted molar refractivity (Wildman–Crippen MR) is 104 cm³/mol. The van der Waals surface area contributed by atoms with E-state index in [4.69, 9.17) is 4.74 Å². The normalized spacial score (nSPS) is 17.9. The largest absolute Gasteiger partial charge is 0.376 e. The Morgan fingerprint density at radius 3 is 2.93 bits per heavy atom. The number of anilines is 1. The van der Waals surface area contributed by atoms with E-state index in [9.17, 15) is 4.39 Å². The van der Waals surface area contributed by atoms with Crippen LogP contribution in [0.3, 0.4) is 0 Å². The molecule has 0 bridgehead atoms. The molecule has 1 atom stereocenters. The number of nitrogens with zero attached hydrogens (tertiary/aromatic N) is 3. The Hall–Kier alpha value is -2.57. The molecule has 5 nitrogen and oxygen atoms in total. The monoisotopic (exact) mass is 366 g/mol. The zero-order chi connectivity index (χ0) is 18.6. The van der Waals surface area contributed by atoms with Gasteiger partial charge in [-0.2, -0.15) is 0 Å². The van der Waals surface area contributed by atoms with Gasteiger partial charge in [0.2, 0.25) is 0 Å². The van der Waals surface area contributed by atoms with Crippen LogP contribution in [0.25, 0.3) is 10.9 Å². The highest BCUT2D eigenvalue weighted by Gasteiger charge is 2.16. The van der Waals surface area contributed by atoms with Crippen molar-refractivity contribution in [1.29, 1.82) is 0 Å². The van der Waals surface area contributed by atoms with Gasteiger partial charge >= 0.3 is 0 Å².